The van der Waals surface area contributed by atoms with Crippen molar-refractivity contribution in [1.29, 1.82) is 0 Å². The van der Waals surface area contributed by atoms with E-state index in [4.69, 9.17) is 22.8 Å². The molecule has 0 aliphatic rings. The summed E-state index contributed by atoms with van der Waals surface area (Å²) < 4.78 is 5.24. The molecule has 2 atom stereocenters. The number of halogens is 1. The van der Waals surface area contributed by atoms with Gasteiger partial charge in [0.15, 0.2) is 0 Å². The summed E-state index contributed by atoms with van der Waals surface area (Å²) in [4.78, 5) is 40.2. The van der Waals surface area contributed by atoms with Crippen LogP contribution in [0.15, 0.2) is 36.4 Å². The Morgan fingerprint density at radius 1 is 1.06 bits per heavy atom. The smallest absolute Gasteiger partial charge is 0.408 e. The molecule has 2 aromatic carbocycles. The van der Waals surface area contributed by atoms with E-state index in [2.05, 4.69) is 16.7 Å². The number of hydrogen-bond donors (Lipinski definition) is 2. The molecule has 0 aliphatic heterocycles. The minimum absolute atomic E-state index is 0.358. The lowest BCUT2D eigenvalue weighted by molar-refractivity contribution is -0.136. The Bertz CT molecular complexity index is 1140. The number of ether oxygens (including phenoxy) is 1. The van der Waals surface area contributed by atoms with Crippen LogP contribution in [0.25, 0.3) is 0 Å². The van der Waals surface area contributed by atoms with Crippen LogP contribution in [0.4, 0.5) is 10.5 Å². The summed E-state index contributed by atoms with van der Waals surface area (Å²) >= 11 is 6.32. The minimum atomic E-state index is -1.18. The van der Waals surface area contributed by atoms with Crippen molar-refractivity contribution < 1.29 is 19.1 Å². The number of terminal acetylenes is 1. The maximum Gasteiger partial charge on any atom is 0.408 e. The van der Waals surface area contributed by atoms with Crippen LogP contribution in [0.3, 0.4) is 0 Å². The minimum Gasteiger partial charge on any atom is -0.444 e. The van der Waals surface area contributed by atoms with Gasteiger partial charge in [0.2, 0.25) is 0 Å². The first-order valence-electron chi connectivity index (χ1n) is 11.2. The Labute approximate surface area is 212 Å². The van der Waals surface area contributed by atoms with Crippen molar-refractivity contribution in [3.8, 4) is 12.5 Å². The summed E-state index contributed by atoms with van der Waals surface area (Å²) in [5.41, 5.74) is 2.74. The predicted molar refractivity (Wildman–Crippen MR) is 138 cm³/mol. The molecule has 0 fully saturated rings. The Balaban J connectivity index is 2.47. The van der Waals surface area contributed by atoms with Crippen molar-refractivity contribution in [3.63, 3.8) is 0 Å². The van der Waals surface area contributed by atoms with E-state index in [0.717, 1.165) is 21.6 Å². The quantitative estimate of drug-likeness (QED) is 0.420. The number of hydrogen-bond acceptors (Lipinski definition) is 4. The zero-order valence-corrected chi connectivity index (χ0v) is 21.9. The van der Waals surface area contributed by atoms with E-state index in [0.29, 0.717) is 16.3 Å². The lowest BCUT2D eigenvalue weighted by Gasteiger charge is -2.30. The van der Waals surface area contributed by atoms with Crippen LogP contribution in [0.2, 0.25) is 5.02 Å². The molecule has 0 heterocycles. The number of alkyl carbamates (subject to hydrolysis) is 1. The highest BCUT2D eigenvalue weighted by Gasteiger charge is 2.35. The molecule has 0 spiro atoms. The van der Waals surface area contributed by atoms with Crippen molar-refractivity contribution in [2.45, 2.75) is 66.2 Å². The Morgan fingerprint density at radius 3 is 2.23 bits per heavy atom. The fraction of sp³-hybridized carbons (Fsp3) is 0.370. The average Bonchev–Trinajstić information content (AvgIpc) is 2.75. The summed E-state index contributed by atoms with van der Waals surface area (Å²) in [6, 6.07) is 10.8. The third-order valence-electron chi connectivity index (χ3n) is 5.40. The maximum atomic E-state index is 13.6. The number of rotatable bonds is 6. The second kappa shape index (κ2) is 11.3. The van der Waals surface area contributed by atoms with Gasteiger partial charge >= 0.3 is 6.09 Å². The van der Waals surface area contributed by atoms with Crippen LogP contribution in [0.1, 0.15) is 56.0 Å². The van der Waals surface area contributed by atoms with E-state index in [1.54, 1.807) is 45.0 Å². The van der Waals surface area contributed by atoms with Crippen LogP contribution >= 0.6 is 11.6 Å². The second-order valence-corrected chi connectivity index (χ2v) is 9.73. The molecule has 2 aromatic rings. The highest BCUT2D eigenvalue weighted by Crippen LogP contribution is 2.31. The largest absolute Gasteiger partial charge is 0.444 e. The standard InChI is InChI=1S/C27H32ClN3O4/c1-9-31(25(33)19(5)29-26(34)35-27(6,7)8)23(20-14-10-12-16(2)18(20)4)24(32)30-22-17(3)13-11-15-21(22)28/h1,10-15,19,23H,2-8H3,(H,29,34)(H,30,32). The lowest BCUT2D eigenvalue weighted by atomic mass is 9.95. The number of anilines is 1. The highest BCUT2D eigenvalue weighted by atomic mass is 35.5. The van der Waals surface area contributed by atoms with E-state index in [9.17, 15) is 14.4 Å². The first-order chi connectivity index (χ1) is 16.3. The van der Waals surface area contributed by atoms with Gasteiger partial charge in [-0.1, -0.05) is 48.4 Å². The third-order valence-corrected chi connectivity index (χ3v) is 5.71. The molecule has 7 nitrogen and oxygen atoms in total. The Kier molecular flexibility index (Phi) is 8.94. The summed E-state index contributed by atoms with van der Waals surface area (Å²) in [7, 11) is 0. The van der Waals surface area contributed by atoms with E-state index in [1.807, 2.05) is 32.9 Å². The predicted octanol–water partition coefficient (Wildman–Crippen LogP) is 5.28. The van der Waals surface area contributed by atoms with Gasteiger partial charge in [-0.15, -0.1) is 0 Å². The number of nitrogens with one attached hydrogen (secondary N) is 2. The first-order valence-corrected chi connectivity index (χ1v) is 11.6. The molecule has 0 saturated heterocycles. The maximum absolute atomic E-state index is 13.6. The van der Waals surface area contributed by atoms with Gasteiger partial charge < -0.3 is 15.4 Å². The van der Waals surface area contributed by atoms with Crippen molar-refractivity contribution in [2.24, 2.45) is 0 Å². The van der Waals surface area contributed by atoms with Gasteiger partial charge in [0, 0.05) is 6.04 Å². The lowest BCUT2D eigenvalue weighted by Crippen LogP contribution is -2.49. The van der Waals surface area contributed by atoms with Gasteiger partial charge in [-0.3, -0.25) is 14.5 Å². The molecular formula is C27H32ClN3O4. The zero-order valence-electron chi connectivity index (χ0n) is 21.2. The molecule has 2 rings (SSSR count). The normalized spacial score (nSPS) is 12.7. The molecule has 0 aromatic heterocycles. The average molecular weight is 498 g/mol. The number of aryl methyl sites for hydroxylation is 2. The van der Waals surface area contributed by atoms with Crippen molar-refractivity contribution in [3.05, 3.63) is 63.7 Å². The summed E-state index contributed by atoms with van der Waals surface area (Å²) in [6.45, 7) is 12.2. The van der Waals surface area contributed by atoms with Crippen molar-refractivity contribution in [2.75, 3.05) is 5.32 Å². The molecule has 0 saturated carbocycles. The first kappa shape index (κ1) is 27.7. The molecule has 0 bridgehead atoms. The van der Waals surface area contributed by atoms with Gasteiger partial charge in [0.05, 0.1) is 10.7 Å². The molecule has 3 amide bonds. The topological polar surface area (TPSA) is 87.7 Å². The molecule has 8 heteroatoms. The molecule has 2 unspecified atom stereocenters. The molecule has 35 heavy (non-hydrogen) atoms. The second-order valence-electron chi connectivity index (χ2n) is 9.32. The van der Waals surface area contributed by atoms with Crippen LogP contribution < -0.4 is 10.6 Å². The van der Waals surface area contributed by atoms with E-state index in [1.165, 1.54) is 6.92 Å². The van der Waals surface area contributed by atoms with Crippen molar-refractivity contribution in [1.82, 2.24) is 10.2 Å². The van der Waals surface area contributed by atoms with Crippen LogP contribution in [0.5, 0.6) is 0 Å². The number of carbonyl (C=O) groups excluding carboxylic acids is 3. The van der Waals surface area contributed by atoms with Gasteiger partial charge in [0.25, 0.3) is 11.8 Å². The summed E-state index contributed by atoms with van der Waals surface area (Å²) in [6.07, 6.45) is 5.00. The Hall–Kier alpha value is -3.50. The van der Waals surface area contributed by atoms with Gasteiger partial charge in [-0.2, -0.15) is 0 Å². The number of benzene rings is 2. The molecular weight excluding hydrogens is 466 g/mol. The van der Waals surface area contributed by atoms with Gasteiger partial charge in [0.1, 0.15) is 17.7 Å². The Morgan fingerprint density at radius 2 is 1.66 bits per heavy atom. The van der Waals surface area contributed by atoms with Crippen LogP contribution in [-0.4, -0.2) is 34.5 Å². The molecule has 0 radical (unpaired) electrons. The van der Waals surface area contributed by atoms with E-state index in [-0.39, 0.29) is 0 Å². The van der Waals surface area contributed by atoms with Crippen LogP contribution in [-0.2, 0) is 14.3 Å². The molecule has 2 N–H and O–H groups in total. The SMILES string of the molecule is C#CN(C(=O)C(C)NC(=O)OC(C)(C)C)C(C(=O)Nc1c(C)cccc1Cl)c1cccc(C)c1C. The number of carbonyl (C=O) groups is 3. The van der Waals surface area contributed by atoms with E-state index < -0.39 is 35.6 Å². The third kappa shape index (κ3) is 7.00. The fourth-order valence-corrected chi connectivity index (χ4v) is 3.74. The molecule has 0 aliphatic carbocycles. The number of nitrogens with zero attached hydrogens (tertiary/aromatic N) is 1. The monoisotopic (exact) mass is 497 g/mol. The number of para-hydroxylation sites is 1. The number of amides is 3. The van der Waals surface area contributed by atoms with Gasteiger partial charge in [-0.25, -0.2) is 4.79 Å². The highest BCUT2D eigenvalue weighted by molar-refractivity contribution is 6.34. The van der Waals surface area contributed by atoms with Crippen LogP contribution in [0, 0.1) is 33.2 Å². The van der Waals surface area contributed by atoms with Gasteiger partial charge in [-0.05, 0) is 76.8 Å². The van der Waals surface area contributed by atoms with E-state index >= 15 is 0 Å². The summed E-state index contributed by atoms with van der Waals surface area (Å²) in [5, 5.41) is 5.68. The summed E-state index contributed by atoms with van der Waals surface area (Å²) in [5.74, 6) is -1.18. The molecule has 186 valence electrons. The van der Waals surface area contributed by atoms with Crippen molar-refractivity contribution >= 4 is 35.2 Å². The zero-order chi connectivity index (χ0) is 26.5. The fourth-order valence-electron chi connectivity index (χ4n) is 3.47.